The van der Waals surface area contributed by atoms with Gasteiger partial charge in [0.25, 0.3) is 0 Å². The van der Waals surface area contributed by atoms with Crippen molar-refractivity contribution in [1.29, 1.82) is 0 Å². The molecule has 106 valence electrons. The van der Waals surface area contributed by atoms with Gasteiger partial charge in [-0.3, -0.25) is 4.79 Å². The van der Waals surface area contributed by atoms with Gasteiger partial charge in [-0.15, -0.1) is 0 Å². The molecule has 0 spiro atoms. The Morgan fingerprint density at radius 2 is 2.16 bits per heavy atom. The second-order valence-electron chi connectivity index (χ2n) is 4.67. The Morgan fingerprint density at radius 3 is 2.68 bits per heavy atom. The molecule has 0 aliphatic carbocycles. The minimum atomic E-state index is -0.225. The molecule has 0 bridgehead atoms. The maximum absolute atomic E-state index is 11.8. The average molecular weight is 285 g/mol. The molecule has 0 aliphatic rings. The van der Waals surface area contributed by atoms with E-state index in [1.54, 1.807) is 20.1 Å². The third-order valence-corrected chi connectivity index (χ3v) is 3.40. The lowest BCUT2D eigenvalue weighted by molar-refractivity contribution is -0.125. The van der Waals surface area contributed by atoms with Crippen molar-refractivity contribution in [2.24, 2.45) is 11.7 Å². The molecule has 0 saturated heterocycles. The highest BCUT2D eigenvalue weighted by atomic mass is 35.5. The molecule has 3 unspecified atom stereocenters. The van der Waals surface area contributed by atoms with Crippen LogP contribution in [0.3, 0.4) is 0 Å². The molecular weight excluding hydrogens is 264 g/mol. The minimum absolute atomic E-state index is 0.0703. The summed E-state index contributed by atoms with van der Waals surface area (Å²) in [4.78, 5) is 11.8. The number of hydrogen-bond acceptors (Lipinski definition) is 3. The number of ether oxygens (including phenoxy) is 1. The van der Waals surface area contributed by atoms with E-state index in [0.29, 0.717) is 11.6 Å². The van der Waals surface area contributed by atoms with Crippen LogP contribution in [-0.2, 0) is 9.53 Å². The number of nitrogens with one attached hydrogen (secondary N) is 1. The van der Waals surface area contributed by atoms with Gasteiger partial charge in [-0.2, -0.15) is 0 Å². The molecule has 5 heteroatoms. The lowest BCUT2D eigenvalue weighted by Gasteiger charge is -2.20. The lowest BCUT2D eigenvalue weighted by Crippen LogP contribution is -2.40. The SMILES string of the molecule is COC(CNC(=O)C(C)C(C)N)c1cccc(Cl)c1. The van der Waals surface area contributed by atoms with Gasteiger partial charge in [0.15, 0.2) is 0 Å². The summed E-state index contributed by atoms with van der Waals surface area (Å²) < 4.78 is 5.38. The zero-order chi connectivity index (χ0) is 14.4. The number of hydrogen-bond donors (Lipinski definition) is 2. The summed E-state index contributed by atoms with van der Waals surface area (Å²) in [6, 6.07) is 7.23. The number of rotatable bonds is 6. The Balaban J connectivity index is 2.61. The summed E-state index contributed by atoms with van der Waals surface area (Å²) in [6.45, 7) is 4.02. The fourth-order valence-corrected chi connectivity index (χ4v) is 1.84. The van der Waals surface area contributed by atoms with Crippen LogP contribution in [0, 0.1) is 5.92 Å². The normalized spacial score (nSPS) is 15.6. The maximum Gasteiger partial charge on any atom is 0.224 e. The van der Waals surface area contributed by atoms with Gasteiger partial charge in [0.1, 0.15) is 0 Å². The van der Waals surface area contributed by atoms with Crippen molar-refractivity contribution in [2.45, 2.75) is 26.0 Å². The Kier molecular flexibility index (Phi) is 6.28. The number of methoxy groups -OCH3 is 1. The van der Waals surface area contributed by atoms with E-state index < -0.39 is 0 Å². The van der Waals surface area contributed by atoms with Crippen molar-refractivity contribution in [3.05, 3.63) is 34.9 Å². The number of halogens is 1. The topological polar surface area (TPSA) is 64.3 Å². The largest absolute Gasteiger partial charge is 0.375 e. The van der Waals surface area contributed by atoms with Crippen LogP contribution >= 0.6 is 11.6 Å². The van der Waals surface area contributed by atoms with Gasteiger partial charge in [0.2, 0.25) is 5.91 Å². The highest BCUT2D eigenvalue weighted by molar-refractivity contribution is 6.30. The summed E-state index contributed by atoms with van der Waals surface area (Å²) in [5.41, 5.74) is 6.63. The fraction of sp³-hybridized carbons (Fsp3) is 0.500. The first-order chi connectivity index (χ1) is 8.95. The first kappa shape index (κ1) is 16.0. The Morgan fingerprint density at radius 1 is 1.47 bits per heavy atom. The number of nitrogens with two attached hydrogens (primary N) is 1. The zero-order valence-electron chi connectivity index (χ0n) is 11.5. The summed E-state index contributed by atoms with van der Waals surface area (Å²) in [6.07, 6.45) is -0.220. The van der Waals surface area contributed by atoms with Crippen molar-refractivity contribution >= 4 is 17.5 Å². The van der Waals surface area contributed by atoms with Crippen LogP contribution in [0.1, 0.15) is 25.5 Å². The predicted molar refractivity (Wildman–Crippen MR) is 77.0 cm³/mol. The van der Waals surface area contributed by atoms with E-state index in [9.17, 15) is 4.79 Å². The first-order valence-electron chi connectivity index (χ1n) is 6.27. The maximum atomic E-state index is 11.8. The monoisotopic (exact) mass is 284 g/mol. The first-order valence-corrected chi connectivity index (χ1v) is 6.65. The highest BCUT2D eigenvalue weighted by Crippen LogP contribution is 2.19. The summed E-state index contributed by atoms with van der Waals surface area (Å²) in [5.74, 6) is -0.295. The Labute approximate surface area is 119 Å². The van der Waals surface area contributed by atoms with Gasteiger partial charge in [0, 0.05) is 30.6 Å². The summed E-state index contributed by atoms with van der Waals surface area (Å²) in [7, 11) is 1.60. The summed E-state index contributed by atoms with van der Waals surface area (Å²) >= 11 is 5.94. The molecule has 1 aromatic rings. The van der Waals surface area contributed by atoms with E-state index in [4.69, 9.17) is 22.1 Å². The van der Waals surface area contributed by atoms with Crippen LogP contribution in [0.2, 0.25) is 5.02 Å². The molecule has 0 aliphatic heterocycles. The van der Waals surface area contributed by atoms with Crippen LogP contribution in [0.25, 0.3) is 0 Å². The molecule has 0 fully saturated rings. The molecule has 1 amide bonds. The molecule has 0 heterocycles. The van der Waals surface area contributed by atoms with Gasteiger partial charge in [-0.05, 0) is 24.6 Å². The van der Waals surface area contributed by atoms with Crippen molar-refractivity contribution in [3.8, 4) is 0 Å². The molecule has 3 atom stereocenters. The van der Waals surface area contributed by atoms with Gasteiger partial charge in [-0.25, -0.2) is 0 Å². The molecule has 4 nitrogen and oxygen atoms in total. The third-order valence-electron chi connectivity index (χ3n) is 3.17. The van der Waals surface area contributed by atoms with E-state index >= 15 is 0 Å². The van der Waals surface area contributed by atoms with Crippen LogP contribution in [0.15, 0.2) is 24.3 Å². The number of carbonyl (C=O) groups excluding carboxylic acids is 1. The van der Waals surface area contributed by atoms with Crippen molar-refractivity contribution in [1.82, 2.24) is 5.32 Å². The Hall–Kier alpha value is -1.10. The molecule has 1 aromatic carbocycles. The van der Waals surface area contributed by atoms with Crippen molar-refractivity contribution in [3.63, 3.8) is 0 Å². The van der Waals surface area contributed by atoms with Gasteiger partial charge in [0.05, 0.1) is 6.10 Å². The number of amides is 1. The second-order valence-corrected chi connectivity index (χ2v) is 5.11. The van der Waals surface area contributed by atoms with Crippen LogP contribution in [-0.4, -0.2) is 25.6 Å². The molecule has 19 heavy (non-hydrogen) atoms. The standard InChI is InChI=1S/C14H21ClN2O2/c1-9(10(2)16)14(18)17-8-13(19-3)11-5-4-6-12(15)7-11/h4-7,9-10,13H,8,16H2,1-3H3,(H,17,18). The third kappa shape index (κ3) is 4.82. The van der Waals surface area contributed by atoms with Gasteiger partial charge < -0.3 is 15.8 Å². The minimum Gasteiger partial charge on any atom is -0.375 e. The fourth-order valence-electron chi connectivity index (χ4n) is 1.64. The molecular formula is C14H21ClN2O2. The van der Waals surface area contributed by atoms with Crippen LogP contribution < -0.4 is 11.1 Å². The molecule has 0 radical (unpaired) electrons. The van der Waals surface area contributed by atoms with Gasteiger partial charge >= 0.3 is 0 Å². The van der Waals surface area contributed by atoms with Crippen LogP contribution in [0.5, 0.6) is 0 Å². The van der Waals surface area contributed by atoms with E-state index in [2.05, 4.69) is 5.32 Å². The van der Waals surface area contributed by atoms with E-state index in [1.165, 1.54) is 0 Å². The second kappa shape index (κ2) is 7.48. The average Bonchev–Trinajstić information content (AvgIpc) is 2.38. The molecule has 1 rings (SSSR count). The molecule has 0 saturated carbocycles. The zero-order valence-corrected chi connectivity index (χ0v) is 12.3. The van der Waals surface area contributed by atoms with E-state index in [-0.39, 0.29) is 24.0 Å². The molecule has 0 aromatic heterocycles. The van der Waals surface area contributed by atoms with E-state index in [0.717, 1.165) is 5.56 Å². The van der Waals surface area contributed by atoms with Crippen molar-refractivity contribution in [2.75, 3.05) is 13.7 Å². The van der Waals surface area contributed by atoms with Crippen LogP contribution in [0.4, 0.5) is 0 Å². The summed E-state index contributed by atoms with van der Waals surface area (Å²) in [5, 5.41) is 3.49. The quantitative estimate of drug-likeness (QED) is 0.841. The van der Waals surface area contributed by atoms with Crippen molar-refractivity contribution < 1.29 is 9.53 Å². The molecule has 3 N–H and O–H groups in total. The smallest absolute Gasteiger partial charge is 0.224 e. The highest BCUT2D eigenvalue weighted by Gasteiger charge is 2.19. The number of carbonyl (C=O) groups is 1. The Bertz CT molecular complexity index is 424. The predicted octanol–water partition coefficient (Wildman–Crippen LogP) is 2.13. The van der Waals surface area contributed by atoms with Gasteiger partial charge in [-0.1, -0.05) is 30.7 Å². The lowest BCUT2D eigenvalue weighted by atomic mass is 10.0. The van der Waals surface area contributed by atoms with E-state index in [1.807, 2.05) is 25.1 Å². The number of benzene rings is 1.